The Morgan fingerprint density at radius 2 is 2.21 bits per heavy atom. The molecule has 0 aliphatic heterocycles. The summed E-state index contributed by atoms with van der Waals surface area (Å²) in [5, 5.41) is 6.19. The highest BCUT2D eigenvalue weighted by Gasteiger charge is 1.99. The third-order valence-electron chi connectivity index (χ3n) is 1.90. The molecular weight excluding hydrogens is 200 g/mol. The number of nitrogens with one attached hydrogen (secondary N) is 2. The van der Waals surface area contributed by atoms with Crippen LogP contribution in [0.4, 0.5) is 5.69 Å². The van der Waals surface area contributed by atoms with Gasteiger partial charge >= 0.3 is 0 Å². The number of amides is 1. The molecule has 0 aliphatic carbocycles. The van der Waals surface area contributed by atoms with Crippen molar-refractivity contribution in [3.8, 4) is 0 Å². The monoisotopic (exact) mass is 212 g/mol. The molecule has 4 heteroatoms. The molecule has 0 bridgehead atoms. The van der Waals surface area contributed by atoms with Gasteiger partial charge in [-0.15, -0.1) is 0 Å². The Hall–Kier alpha value is -1.22. The van der Waals surface area contributed by atoms with Gasteiger partial charge in [0.2, 0.25) is 5.91 Å². The standard InChI is InChI=1S/C10H13ClN2O/c1-7-3-4-8(5-9(7)11)13-6-10(14)12-2/h3-5,13H,6H2,1-2H3,(H,12,14). The van der Waals surface area contributed by atoms with Crippen LogP contribution in [0.25, 0.3) is 0 Å². The number of aryl methyl sites for hydroxylation is 1. The lowest BCUT2D eigenvalue weighted by Crippen LogP contribution is -2.26. The number of rotatable bonds is 3. The van der Waals surface area contributed by atoms with E-state index in [1.807, 2.05) is 19.1 Å². The number of anilines is 1. The lowest BCUT2D eigenvalue weighted by Gasteiger charge is -2.06. The zero-order valence-electron chi connectivity index (χ0n) is 8.23. The van der Waals surface area contributed by atoms with E-state index < -0.39 is 0 Å². The highest BCUT2D eigenvalue weighted by Crippen LogP contribution is 2.19. The Morgan fingerprint density at radius 3 is 2.79 bits per heavy atom. The fourth-order valence-corrected chi connectivity index (χ4v) is 1.15. The van der Waals surface area contributed by atoms with Crippen molar-refractivity contribution in [2.24, 2.45) is 0 Å². The van der Waals surface area contributed by atoms with E-state index in [9.17, 15) is 4.79 Å². The third kappa shape index (κ3) is 2.92. The summed E-state index contributed by atoms with van der Waals surface area (Å²) in [5.41, 5.74) is 1.88. The van der Waals surface area contributed by atoms with Gasteiger partial charge in [0.1, 0.15) is 0 Å². The maximum atomic E-state index is 10.9. The smallest absolute Gasteiger partial charge is 0.239 e. The summed E-state index contributed by atoms with van der Waals surface area (Å²) in [7, 11) is 1.60. The molecule has 14 heavy (non-hydrogen) atoms. The molecule has 0 unspecified atom stereocenters. The normalized spacial score (nSPS) is 9.64. The first-order chi connectivity index (χ1) is 6.63. The second kappa shape index (κ2) is 4.86. The predicted molar refractivity (Wildman–Crippen MR) is 58.7 cm³/mol. The Morgan fingerprint density at radius 1 is 1.50 bits per heavy atom. The fraction of sp³-hybridized carbons (Fsp3) is 0.300. The Bertz CT molecular complexity index is 339. The van der Waals surface area contributed by atoms with E-state index in [0.29, 0.717) is 5.02 Å². The van der Waals surface area contributed by atoms with Crippen molar-refractivity contribution in [3.63, 3.8) is 0 Å². The number of likely N-dealkylation sites (N-methyl/N-ethyl adjacent to an activating group) is 1. The first-order valence-electron chi connectivity index (χ1n) is 4.34. The van der Waals surface area contributed by atoms with Crippen LogP contribution in [-0.2, 0) is 4.79 Å². The molecule has 0 radical (unpaired) electrons. The maximum Gasteiger partial charge on any atom is 0.239 e. The molecule has 0 saturated heterocycles. The Balaban J connectivity index is 2.60. The van der Waals surface area contributed by atoms with Crippen LogP contribution in [0.5, 0.6) is 0 Å². The van der Waals surface area contributed by atoms with Crippen LogP contribution in [0.1, 0.15) is 5.56 Å². The van der Waals surface area contributed by atoms with Crippen LogP contribution >= 0.6 is 11.6 Å². The van der Waals surface area contributed by atoms with Crippen LogP contribution in [0, 0.1) is 6.92 Å². The van der Waals surface area contributed by atoms with Crippen molar-refractivity contribution in [1.82, 2.24) is 5.32 Å². The summed E-state index contributed by atoms with van der Waals surface area (Å²) >= 11 is 5.92. The van der Waals surface area contributed by atoms with Gasteiger partial charge in [-0.2, -0.15) is 0 Å². The lowest BCUT2D eigenvalue weighted by atomic mass is 10.2. The van der Waals surface area contributed by atoms with Gasteiger partial charge in [-0.3, -0.25) is 4.79 Å². The highest BCUT2D eigenvalue weighted by atomic mass is 35.5. The lowest BCUT2D eigenvalue weighted by molar-refractivity contribution is -0.118. The van der Waals surface area contributed by atoms with E-state index in [-0.39, 0.29) is 12.5 Å². The van der Waals surface area contributed by atoms with Crippen LogP contribution in [0.2, 0.25) is 5.02 Å². The van der Waals surface area contributed by atoms with Gasteiger partial charge in [0.05, 0.1) is 6.54 Å². The van der Waals surface area contributed by atoms with Gasteiger partial charge in [-0.05, 0) is 24.6 Å². The van der Waals surface area contributed by atoms with Crippen LogP contribution < -0.4 is 10.6 Å². The number of carbonyl (C=O) groups is 1. The highest BCUT2D eigenvalue weighted by molar-refractivity contribution is 6.31. The average Bonchev–Trinajstić information content (AvgIpc) is 2.19. The molecule has 3 nitrogen and oxygen atoms in total. The minimum Gasteiger partial charge on any atom is -0.376 e. The second-order valence-corrected chi connectivity index (χ2v) is 3.40. The van der Waals surface area contributed by atoms with E-state index in [0.717, 1.165) is 11.3 Å². The number of benzene rings is 1. The predicted octanol–water partition coefficient (Wildman–Crippen LogP) is 1.81. The SMILES string of the molecule is CNC(=O)CNc1ccc(C)c(Cl)c1. The van der Waals surface area contributed by atoms with Gasteiger partial charge in [0, 0.05) is 17.8 Å². The zero-order valence-corrected chi connectivity index (χ0v) is 8.98. The van der Waals surface area contributed by atoms with Crippen molar-refractivity contribution < 1.29 is 4.79 Å². The van der Waals surface area contributed by atoms with Crippen LogP contribution in [0.3, 0.4) is 0 Å². The second-order valence-electron chi connectivity index (χ2n) is 2.99. The van der Waals surface area contributed by atoms with E-state index >= 15 is 0 Å². The fourth-order valence-electron chi connectivity index (χ4n) is 0.974. The largest absolute Gasteiger partial charge is 0.376 e. The summed E-state index contributed by atoms with van der Waals surface area (Å²) in [5.74, 6) is -0.0540. The molecule has 2 N–H and O–H groups in total. The minimum atomic E-state index is -0.0540. The molecule has 0 saturated carbocycles. The number of hydrogen-bond donors (Lipinski definition) is 2. The van der Waals surface area contributed by atoms with E-state index in [1.54, 1.807) is 13.1 Å². The van der Waals surface area contributed by atoms with Crippen molar-refractivity contribution in [2.75, 3.05) is 18.9 Å². The summed E-state index contributed by atoms with van der Waals surface area (Å²) in [4.78, 5) is 10.9. The molecule has 0 aromatic heterocycles. The maximum absolute atomic E-state index is 10.9. The van der Waals surface area contributed by atoms with Crippen LogP contribution in [-0.4, -0.2) is 19.5 Å². The van der Waals surface area contributed by atoms with Crippen molar-refractivity contribution in [3.05, 3.63) is 28.8 Å². The van der Waals surface area contributed by atoms with Crippen molar-refractivity contribution in [2.45, 2.75) is 6.92 Å². The summed E-state index contributed by atoms with van der Waals surface area (Å²) in [6.45, 7) is 2.20. The van der Waals surface area contributed by atoms with Crippen molar-refractivity contribution >= 4 is 23.2 Å². The third-order valence-corrected chi connectivity index (χ3v) is 2.31. The molecule has 1 amide bonds. The van der Waals surface area contributed by atoms with E-state index in [1.165, 1.54) is 0 Å². The topological polar surface area (TPSA) is 41.1 Å². The van der Waals surface area contributed by atoms with E-state index in [2.05, 4.69) is 10.6 Å². The molecule has 0 aliphatic rings. The van der Waals surface area contributed by atoms with Crippen LogP contribution in [0.15, 0.2) is 18.2 Å². The molecule has 0 atom stereocenters. The molecular formula is C10H13ClN2O. The number of halogens is 1. The van der Waals surface area contributed by atoms with E-state index in [4.69, 9.17) is 11.6 Å². The van der Waals surface area contributed by atoms with Gasteiger partial charge in [-0.25, -0.2) is 0 Å². The summed E-state index contributed by atoms with van der Waals surface area (Å²) < 4.78 is 0. The van der Waals surface area contributed by atoms with Gasteiger partial charge < -0.3 is 10.6 Å². The van der Waals surface area contributed by atoms with Crippen molar-refractivity contribution in [1.29, 1.82) is 0 Å². The molecule has 76 valence electrons. The average molecular weight is 213 g/mol. The zero-order chi connectivity index (χ0) is 10.6. The summed E-state index contributed by atoms with van der Waals surface area (Å²) in [6, 6.07) is 5.61. The van der Waals surface area contributed by atoms with Gasteiger partial charge in [0.25, 0.3) is 0 Å². The quantitative estimate of drug-likeness (QED) is 0.803. The van der Waals surface area contributed by atoms with Gasteiger partial charge in [-0.1, -0.05) is 17.7 Å². The number of hydrogen-bond acceptors (Lipinski definition) is 2. The molecule has 0 heterocycles. The Kier molecular flexibility index (Phi) is 3.77. The first kappa shape index (κ1) is 10.9. The molecule has 0 spiro atoms. The summed E-state index contributed by atoms with van der Waals surface area (Å²) in [6.07, 6.45) is 0. The molecule has 0 fully saturated rings. The molecule has 1 aromatic rings. The first-order valence-corrected chi connectivity index (χ1v) is 4.72. The molecule has 1 aromatic carbocycles. The Labute approximate surface area is 88.5 Å². The van der Waals surface area contributed by atoms with Gasteiger partial charge in [0.15, 0.2) is 0 Å². The molecule has 1 rings (SSSR count). The minimum absolute atomic E-state index is 0.0540. The number of carbonyl (C=O) groups excluding carboxylic acids is 1.